The Bertz CT molecular complexity index is 421. The number of hydrogen-bond donors (Lipinski definition) is 0. The second-order valence-electron chi connectivity index (χ2n) is 4.73. The van der Waals surface area contributed by atoms with Gasteiger partial charge >= 0.3 is 6.18 Å². The lowest BCUT2D eigenvalue weighted by Crippen LogP contribution is -2.54. The van der Waals surface area contributed by atoms with Gasteiger partial charge in [0.1, 0.15) is 5.82 Å². The molecule has 2 rings (SSSR count). The lowest BCUT2D eigenvalue weighted by molar-refractivity contribution is -0.147. The largest absolute Gasteiger partial charge is 0.401 e. The van der Waals surface area contributed by atoms with Gasteiger partial charge in [-0.25, -0.2) is 4.98 Å². The van der Waals surface area contributed by atoms with Crippen molar-refractivity contribution in [3.63, 3.8) is 0 Å². The zero-order valence-electron chi connectivity index (χ0n) is 10.5. The molecule has 0 unspecified atom stereocenters. The van der Waals surface area contributed by atoms with E-state index in [9.17, 15) is 13.2 Å². The summed E-state index contributed by atoms with van der Waals surface area (Å²) in [5.74, 6) is 0.753. The van der Waals surface area contributed by atoms with Crippen LogP contribution in [0.1, 0.15) is 6.92 Å². The molecule has 0 amide bonds. The third-order valence-corrected chi connectivity index (χ3v) is 3.34. The van der Waals surface area contributed by atoms with Gasteiger partial charge in [0.05, 0.1) is 11.6 Å². The molecule has 2 heterocycles. The van der Waals surface area contributed by atoms with Crippen LogP contribution in [0, 0.1) is 0 Å². The first-order chi connectivity index (χ1) is 8.85. The molecule has 1 fully saturated rings. The molecule has 106 valence electrons. The smallest absolute Gasteiger partial charge is 0.351 e. The van der Waals surface area contributed by atoms with Gasteiger partial charge in [0.2, 0.25) is 0 Å². The topological polar surface area (TPSA) is 19.4 Å². The Kier molecular flexibility index (Phi) is 4.20. The third-order valence-electron chi connectivity index (χ3n) is 3.12. The van der Waals surface area contributed by atoms with E-state index in [-0.39, 0.29) is 6.04 Å². The van der Waals surface area contributed by atoms with E-state index >= 15 is 0 Å². The Labute approximate surface area is 115 Å². The average molecular weight is 294 g/mol. The van der Waals surface area contributed by atoms with Gasteiger partial charge in [-0.3, -0.25) is 4.90 Å². The molecule has 0 bridgehead atoms. The first-order valence-electron chi connectivity index (χ1n) is 6.02. The number of pyridine rings is 1. The minimum atomic E-state index is -4.14. The molecule has 0 radical (unpaired) electrons. The highest BCUT2D eigenvalue weighted by molar-refractivity contribution is 6.30. The standard InChI is InChI=1S/C12H15ClF3N3/c1-9-7-18(8-12(14,15)16)4-5-19(9)11-3-2-10(13)6-17-11/h2-3,6,9H,4-5,7-8H2,1H3/t9-/m0/s1. The van der Waals surface area contributed by atoms with E-state index in [0.717, 1.165) is 5.82 Å². The molecule has 1 aromatic heterocycles. The fraction of sp³-hybridized carbons (Fsp3) is 0.583. The minimum absolute atomic E-state index is 0.00947. The summed E-state index contributed by atoms with van der Waals surface area (Å²) < 4.78 is 37.0. The maximum absolute atomic E-state index is 12.3. The summed E-state index contributed by atoms with van der Waals surface area (Å²) >= 11 is 5.77. The molecule has 0 N–H and O–H groups in total. The van der Waals surface area contributed by atoms with Crippen LogP contribution in [0.15, 0.2) is 18.3 Å². The van der Waals surface area contributed by atoms with E-state index in [1.807, 2.05) is 11.8 Å². The molecular formula is C12H15ClF3N3. The molecule has 19 heavy (non-hydrogen) atoms. The van der Waals surface area contributed by atoms with E-state index in [0.29, 0.717) is 24.7 Å². The Morgan fingerprint density at radius 1 is 1.37 bits per heavy atom. The predicted octanol–water partition coefficient (Wildman–Crippen LogP) is 2.81. The molecule has 1 aliphatic rings. The first-order valence-corrected chi connectivity index (χ1v) is 6.40. The lowest BCUT2D eigenvalue weighted by atomic mass is 10.2. The fourth-order valence-corrected chi connectivity index (χ4v) is 2.42. The highest BCUT2D eigenvalue weighted by atomic mass is 35.5. The van der Waals surface area contributed by atoms with Crippen molar-refractivity contribution in [1.82, 2.24) is 9.88 Å². The summed E-state index contributed by atoms with van der Waals surface area (Å²) in [5, 5.41) is 0.548. The van der Waals surface area contributed by atoms with Crippen LogP contribution >= 0.6 is 11.6 Å². The molecule has 1 aliphatic heterocycles. The zero-order chi connectivity index (χ0) is 14.0. The highest BCUT2D eigenvalue weighted by Gasteiger charge is 2.34. The maximum atomic E-state index is 12.3. The Hall–Kier alpha value is -1.01. The van der Waals surface area contributed by atoms with Crippen molar-refractivity contribution in [3.8, 4) is 0 Å². The number of nitrogens with zero attached hydrogens (tertiary/aromatic N) is 3. The SMILES string of the molecule is C[C@H]1CN(CC(F)(F)F)CCN1c1ccc(Cl)cn1. The predicted molar refractivity (Wildman–Crippen MR) is 68.6 cm³/mol. The van der Waals surface area contributed by atoms with Crippen LogP contribution in [0.25, 0.3) is 0 Å². The van der Waals surface area contributed by atoms with Crippen molar-refractivity contribution in [2.45, 2.75) is 19.1 Å². The molecule has 7 heteroatoms. The van der Waals surface area contributed by atoms with Gasteiger partial charge in [0, 0.05) is 31.9 Å². The van der Waals surface area contributed by atoms with Crippen molar-refractivity contribution < 1.29 is 13.2 Å². The summed E-state index contributed by atoms with van der Waals surface area (Å²) in [7, 11) is 0. The summed E-state index contributed by atoms with van der Waals surface area (Å²) in [6.45, 7) is 2.35. The summed E-state index contributed by atoms with van der Waals surface area (Å²) in [6.07, 6.45) is -2.59. The normalized spacial score (nSPS) is 21.7. The zero-order valence-corrected chi connectivity index (χ0v) is 11.2. The van der Waals surface area contributed by atoms with Crippen LogP contribution in [0.3, 0.4) is 0 Å². The van der Waals surface area contributed by atoms with Crippen LogP contribution in [-0.2, 0) is 0 Å². The molecule has 0 aromatic carbocycles. The number of halogens is 4. The molecule has 1 atom stereocenters. The van der Waals surface area contributed by atoms with E-state index in [1.54, 1.807) is 18.3 Å². The van der Waals surface area contributed by atoms with E-state index < -0.39 is 12.7 Å². The van der Waals surface area contributed by atoms with Gasteiger partial charge < -0.3 is 4.90 Å². The molecule has 0 saturated carbocycles. The van der Waals surface area contributed by atoms with Gasteiger partial charge in [-0.05, 0) is 19.1 Å². The van der Waals surface area contributed by atoms with E-state index in [4.69, 9.17) is 11.6 Å². The molecule has 0 spiro atoms. The van der Waals surface area contributed by atoms with Gasteiger partial charge in [-0.15, -0.1) is 0 Å². The van der Waals surface area contributed by atoms with Gasteiger partial charge in [-0.1, -0.05) is 11.6 Å². The van der Waals surface area contributed by atoms with Gasteiger partial charge in [0.15, 0.2) is 0 Å². The van der Waals surface area contributed by atoms with Gasteiger partial charge in [-0.2, -0.15) is 13.2 Å². The van der Waals surface area contributed by atoms with Crippen molar-refractivity contribution in [2.75, 3.05) is 31.1 Å². The van der Waals surface area contributed by atoms with Crippen LogP contribution < -0.4 is 4.90 Å². The maximum Gasteiger partial charge on any atom is 0.401 e. The monoisotopic (exact) mass is 293 g/mol. The second-order valence-corrected chi connectivity index (χ2v) is 5.16. The van der Waals surface area contributed by atoms with Gasteiger partial charge in [0.25, 0.3) is 0 Å². The Morgan fingerprint density at radius 2 is 2.11 bits per heavy atom. The summed E-state index contributed by atoms with van der Waals surface area (Å²) in [6, 6.07) is 3.52. The lowest BCUT2D eigenvalue weighted by Gasteiger charge is -2.40. The quantitative estimate of drug-likeness (QED) is 0.836. The minimum Gasteiger partial charge on any atom is -0.351 e. The number of aromatic nitrogens is 1. The van der Waals surface area contributed by atoms with Crippen LogP contribution in [0.5, 0.6) is 0 Å². The van der Waals surface area contributed by atoms with Crippen molar-refractivity contribution in [2.24, 2.45) is 0 Å². The number of anilines is 1. The van der Waals surface area contributed by atoms with Crippen LogP contribution in [0.4, 0.5) is 19.0 Å². The highest BCUT2D eigenvalue weighted by Crippen LogP contribution is 2.22. The molecule has 1 saturated heterocycles. The summed E-state index contributed by atoms with van der Waals surface area (Å²) in [4.78, 5) is 7.64. The average Bonchev–Trinajstić information content (AvgIpc) is 2.29. The van der Waals surface area contributed by atoms with Crippen molar-refractivity contribution >= 4 is 17.4 Å². The Morgan fingerprint density at radius 3 is 2.63 bits per heavy atom. The Balaban J connectivity index is 1.99. The first kappa shape index (κ1) is 14.4. The van der Waals surface area contributed by atoms with Crippen LogP contribution in [0.2, 0.25) is 5.02 Å². The van der Waals surface area contributed by atoms with Crippen molar-refractivity contribution in [3.05, 3.63) is 23.4 Å². The summed E-state index contributed by atoms with van der Waals surface area (Å²) in [5.41, 5.74) is 0. The van der Waals surface area contributed by atoms with Crippen LogP contribution in [-0.4, -0.2) is 48.3 Å². The number of alkyl halides is 3. The third kappa shape index (κ3) is 3.98. The molecular weight excluding hydrogens is 279 g/mol. The van der Waals surface area contributed by atoms with Crippen molar-refractivity contribution in [1.29, 1.82) is 0 Å². The number of rotatable bonds is 2. The van der Waals surface area contributed by atoms with E-state index in [1.165, 1.54) is 4.90 Å². The molecule has 1 aromatic rings. The number of piperazine rings is 1. The second kappa shape index (κ2) is 5.54. The number of hydrogen-bond acceptors (Lipinski definition) is 3. The molecule has 0 aliphatic carbocycles. The van der Waals surface area contributed by atoms with E-state index in [2.05, 4.69) is 4.98 Å². The molecule has 3 nitrogen and oxygen atoms in total. The fourth-order valence-electron chi connectivity index (χ4n) is 2.31.